The fourth-order valence-electron chi connectivity index (χ4n) is 2.42. The SMILES string of the molecule is CCN(CC1CCC1)c1cccc(NC(C)(C)C)n1. The van der Waals surface area contributed by atoms with Crippen LogP contribution in [0.15, 0.2) is 18.2 Å². The lowest BCUT2D eigenvalue weighted by molar-refractivity contribution is 0.318. The molecule has 1 aliphatic rings. The average molecular weight is 261 g/mol. The van der Waals surface area contributed by atoms with Gasteiger partial charge in [-0.1, -0.05) is 12.5 Å². The molecule has 0 amide bonds. The standard InChI is InChI=1S/C16H27N3/c1-5-19(12-13-8-6-9-13)15-11-7-10-14(17-15)18-16(2,3)4/h7,10-11,13H,5-6,8-9,12H2,1-4H3,(H,17,18). The molecule has 0 bridgehead atoms. The molecule has 1 aromatic heterocycles. The summed E-state index contributed by atoms with van der Waals surface area (Å²) in [5, 5.41) is 3.44. The van der Waals surface area contributed by atoms with Crippen molar-refractivity contribution in [2.75, 3.05) is 23.3 Å². The third-order valence-corrected chi connectivity index (χ3v) is 3.65. The maximum absolute atomic E-state index is 4.76. The van der Waals surface area contributed by atoms with Crippen molar-refractivity contribution in [3.63, 3.8) is 0 Å². The third-order valence-electron chi connectivity index (χ3n) is 3.65. The molecule has 0 radical (unpaired) electrons. The quantitative estimate of drug-likeness (QED) is 0.870. The summed E-state index contributed by atoms with van der Waals surface area (Å²) in [4.78, 5) is 7.16. The number of rotatable bonds is 5. The zero-order valence-corrected chi connectivity index (χ0v) is 12.7. The van der Waals surface area contributed by atoms with Crippen LogP contribution in [0.5, 0.6) is 0 Å². The van der Waals surface area contributed by atoms with Crippen LogP contribution in [0.4, 0.5) is 11.6 Å². The molecule has 1 N–H and O–H groups in total. The molecule has 1 aromatic rings. The average Bonchev–Trinajstić information content (AvgIpc) is 2.26. The van der Waals surface area contributed by atoms with Crippen LogP contribution in [0.25, 0.3) is 0 Å². The Labute approximate surface area is 117 Å². The van der Waals surface area contributed by atoms with Crippen LogP contribution in [0, 0.1) is 5.92 Å². The van der Waals surface area contributed by atoms with E-state index >= 15 is 0 Å². The highest BCUT2D eigenvalue weighted by Gasteiger charge is 2.21. The van der Waals surface area contributed by atoms with Crippen LogP contribution < -0.4 is 10.2 Å². The highest BCUT2D eigenvalue weighted by atomic mass is 15.2. The van der Waals surface area contributed by atoms with Crippen molar-refractivity contribution in [1.29, 1.82) is 0 Å². The van der Waals surface area contributed by atoms with E-state index in [0.29, 0.717) is 0 Å². The summed E-state index contributed by atoms with van der Waals surface area (Å²) >= 11 is 0. The normalized spacial score (nSPS) is 16.0. The summed E-state index contributed by atoms with van der Waals surface area (Å²) in [6.07, 6.45) is 4.17. The van der Waals surface area contributed by atoms with E-state index < -0.39 is 0 Å². The van der Waals surface area contributed by atoms with Crippen molar-refractivity contribution in [3.05, 3.63) is 18.2 Å². The first-order chi connectivity index (χ1) is 8.98. The lowest BCUT2D eigenvalue weighted by Crippen LogP contribution is -2.33. The molecule has 0 spiro atoms. The summed E-state index contributed by atoms with van der Waals surface area (Å²) in [6.45, 7) is 10.9. The van der Waals surface area contributed by atoms with Crippen molar-refractivity contribution in [2.24, 2.45) is 5.92 Å². The Kier molecular flexibility index (Phi) is 4.33. The van der Waals surface area contributed by atoms with Gasteiger partial charge < -0.3 is 10.2 Å². The van der Waals surface area contributed by atoms with Gasteiger partial charge in [0, 0.05) is 18.6 Å². The van der Waals surface area contributed by atoms with Gasteiger partial charge in [-0.05, 0) is 58.6 Å². The van der Waals surface area contributed by atoms with Gasteiger partial charge in [-0.3, -0.25) is 0 Å². The van der Waals surface area contributed by atoms with Crippen molar-refractivity contribution in [3.8, 4) is 0 Å². The number of hydrogen-bond acceptors (Lipinski definition) is 3. The van der Waals surface area contributed by atoms with Gasteiger partial charge in [0.25, 0.3) is 0 Å². The zero-order chi connectivity index (χ0) is 13.9. The van der Waals surface area contributed by atoms with Crippen LogP contribution >= 0.6 is 0 Å². The molecular weight excluding hydrogens is 234 g/mol. The third kappa shape index (κ3) is 4.12. The van der Waals surface area contributed by atoms with Crippen LogP contribution in [-0.2, 0) is 0 Å². The molecular formula is C16H27N3. The Balaban J connectivity index is 2.06. The molecule has 2 rings (SSSR count). The first kappa shape index (κ1) is 14.2. The molecule has 3 heteroatoms. The fraction of sp³-hybridized carbons (Fsp3) is 0.688. The summed E-state index contributed by atoms with van der Waals surface area (Å²) in [7, 11) is 0. The number of nitrogens with zero attached hydrogens (tertiary/aromatic N) is 2. The number of aromatic nitrogens is 1. The largest absolute Gasteiger partial charge is 0.365 e. The first-order valence-corrected chi connectivity index (χ1v) is 7.48. The van der Waals surface area contributed by atoms with E-state index in [4.69, 9.17) is 4.98 Å². The molecule has 0 aliphatic heterocycles. The summed E-state index contributed by atoms with van der Waals surface area (Å²) in [6, 6.07) is 6.27. The lowest BCUT2D eigenvalue weighted by Gasteiger charge is -2.32. The molecule has 0 unspecified atom stereocenters. The summed E-state index contributed by atoms with van der Waals surface area (Å²) in [5.41, 5.74) is 0.0522. The van der Waals surface area contributed by atoms with Gasteiger partial charge in [0.15, 0.2) is 0 Å². The second kappa shape index (κ2) is 5.81. The van der Waals surface area contributed by atoms with E-state index in [1.54, 1.807) is 0 Å². The number of nitrogens with one attached hydrogen (secondary N) is 1. The lowest BCUT2D eigenvalue weighted by atomic mass is 9.85. The Morgan fingerprint density at radius 1 is 1.32 bits per heavy atom. The number of anilines is 2. The number of pyridine rings is 1. The van der Waals surface area contributed by atoms with Gasteiger partial charge in [0.2, 0.25) is 0 Å². The number of hydrogen-bond donors (Lipinski definition) is 1. The van der Waals surface area contributed by atoms with Crippen molar-refractivity contribution in [1.82, 2.24) is 4.98 Å². The van der Waals surface area contributed by atoms with Gasteiger partial charge in [0.1, 0.15) is 11.6 Å². The molecule has 1 saturated carbocycles. The zero-order valence-electron chi connectivity index (χ0n) is 12.7. The molecule has 0 saturated heterocycles. The molecule has 1 heterocycles. The minimum absolute atomic E-state index is 0.0522. The molecule has 0 aromatic carbocycles. The fourth-order valence-corrected chi connectivity index (χ4v) is 2.42. The summed E-state index contributed by atoms with van der Waals surface area (Å²) in [5.74, 6) is 2.95. The Hall–Kier alpha value is -1.25. The Morgan fingerprint density at radius 2 is 2.05 bits per heavy atom. The second-order valence-corrected chi connectivity index (χ2v) is 6.59. The van der Waals surface area contributed by atoms with Crippen LogP contribution in [0.2, 0.25) is 0 Å². The Bertz CT molecular complexity index is 405. The minimum Gasteiger partial charge on any atom is -0.365 e. The van der Waals surface area contributed by atoms with Gasteiger partial charge in [0.05, 0.1) is 0 Å². The molecule has 3 nitrogen and oxygen atoms in total. The van der Waals surface area contributed by atoms with E-state index in [0.717, 1.165) is 30.6 Å². The van der Waals surface area contributed by atoms with Gasteiger partial charge in [-0.2, -0.15) is 0 Å². The smallest absolute Gasteiger partial charge is 0.130 e. The van der Waals surface area contributed by atoms with Gasteiger partial charge in [-0.25, -0.2) is 4.98 Å². The Morgan fingerprint density at radius 3 is 2.58 bits per heavy atom. The predicted molar refractivity (Wildman–Crippen MR) is 82.8 cm³/mol. The molecule has 19 heavy (non-hydrogen) atoms. The van der Waals surface area contributed by atoms with Crippen LogP contribution in [0.3, 0.4) is 0 Å². The van der Waals surface area contributed by atoms with E-state index in [-0.39, 0.29) is 5.54 Å². The van der Waals surface area contributed by atoms with Crippen LogP contribution in [0.1, 0.15) is 47.0 Å². The van der Waals surface area contributed by atoms with Crippen molar-refractivity contribution < 1.29 is 0 Å². The second-order valence-electron chi connectivity index (χ2n) is 6.59. The molecule has 1 fully saturated rings. The highest BCUT2D eigenvalue weighted by molar-refractivity contribution is 5.48. The van der Waals surface area contributed by atoms with E-state index in [2.05, 4.69) is 50.0 Å². The van der Waals surface area contributed by atoms with Gasteiger partial charge >= 0.3 is 0 Å². The predicted octanol–water partition coefficient (Wildman–Crippen LogP) is 3.92. The molecule has 1 aliphatic carbocycles. The van der Waals surface area contributed by atoms with Gasteiger partial charge in [-0.15, -0.1) is 0 Å². The maximum Gasteiger partial charge on any atom is 0.130 e. The van der Waals surface area contributed by atoms with E-state index in [1.165, 1.54) is 19.3 Å². The first-order valence-electron chi connectivity index (χ1n) is 7.48. The monoisotopic (exact) mass is 261 g/mol. The van der Waals surface area contributed by atoms with Crippen molar-refractivity contribution >= 4 is 11.6 Å². The highest BCUT2D eigenvalue weighted by Crippen LogP contribution is 2.28. The topological polar surface area (TPSA) is 28.2 Å². The minimum atomic E-state index is 0.0522. The van der Waals surface area contributed by atoms with Crippen LogP contribution in [-0.4, -0.2) is 23.6 Å². The van der Waals surface area contributed by atoms with E-state index in [9.17, 15) is 0 Å². The van der Waals surface area contributed by atoms with E-state index in [1.807, 2.05) is 6.07 Å². The molecule has 106 valence electrons. The maximum atomic E-state index is 4.76. The summed E-state index contributed by atoms with van der Waals surface area (Å²) < 4.78 is 0. The van der Waals surface area contributed by atoms with Crippen molar-refractivity contribution in [2.45, 2.75) is 52.5 Å². The molecule has 0 atom stereocenters.